The molecule has 1 atom stereocenters. The third-order valence-corrected chi connectivity index (χ3v) is 3.51. The highest BCUT2D eigenvalue weighted by atomic mass is 19.4. The number of aromatic amines is 1. The lowest BCUT2D eigenvalue weighted by Crippen LogP contribution is -2.30. The van der Waals surface area contributed by atoms with E-state index in [2.05, 4.69) is 15.4 Å². The van der Waals surface area contributed by atoms with Gasteiger partial charge in [-0.3, -0.25) is 20.0 Å². The molecule has 114 valence electrons. The van der Waals surface area contributed by atoms with Gasteiger partial charge in [0.05, 0.1) is 5.92 Å². The summed E-state index contributed by atoms with van der Waals surface area (Å²) in [4.78, 5) is 28.5. The Bertz CT molecular complexity index is 581. The number of hydrogen-bond donors (Lipinski definition) is 2. The molecule has 0 bridgehead atoms. The van der Waals surface area contributed by atoms with Crippen LogP contribution in [0, 0.1) is 5.92 Å². The van der Waals surface area contributed by atoms with Crippen LogP contribution in [0.25, 0.3) is 0 Å². The number of carbonyl (C=O) groups is 2. The summed E-state index contributed by atoms with van der Waals surface area (Å²) in [6.07, 6.45) is -2.70. The quantitative estimate of drug-likeness (QED) is 0.863. The van der Waals surface area contributed by atoms with Crippen LogP contribution >= 0.6 is 0 Å². The Morgan fingerprint density at radius 1 is 1.38 bits per heavy atom. The first-order valence-corrected chi connectivity index (χ1v) is 6.44. The molecule has 1 aromatic heterocycles. The summed E-state index contributed by atoms with van der Waals surface area (Å²) in [5, 5.41) is 7.21. The molecule has 2 aliphatic rings. The molecule has 2 amide bonds. The van der Waals surface area contributed by atoms with Crippen molar-refractivity contribution in [2.75, 3.05) is 11.9 Å². The Balaban J connectivity index is 1.61. The average Bonchev–Trinajstić information content (AvgIpc) is 2.98. The number of nitrogens with one attached hydrogen (secondary N) is 2. The van der Waals surface area contributed by atoms with E-state index < -0.39 is 29.8 Å². The van der Waals surface area contributed by atoms with Gasteiger partial charge in [0.2, 0.25) is 23.6 Å². The van der Waals surface area contributed by atoms with Gasteiger partial charge in [-0.15, -0.1) is 5.10 Å². The lowest BCUT2D eigenvalue weighted by molar-refractivity contribution is -0.144. The Labute approximate surface area is 116 Å². The highest BCUT2D eigenvalue weighted by Crippen LogP contribution is 2.33. The van der Waals surface area contributed by atoms with E-state index in [-0.39, 0.29) is 18.4 Å². The van der Waals surface area contributed by atoms with Crippen molar-refractivity contribution in [1.29, 1.82) is 0 Å². The highest BCUT2D eigenvalue weighted by molar-refractivity contribution is 5.96. The molecule has 0 spiro atoms. The summed E-state index contributed by atoms with van der Waals surface area (Å²) in [5.74, 6) is -2.93. The maximum absolute atomic E-state index is 12.3. The van der Waals surface area contributed by atoms with Crippen LogP contribution in [0.1, 0.15) is 25.1 Å². The van der Waals surface area contributed by atoms with E-state index in [1.807, 2.05) is 0 Å². The van der Waals surface area contributed by atoms with Gasteiger partial charge in [-0.05, 0) is 12.8 Å². The van der Waals surface area contributed by atoms with Crippen molar-refractivity contribution in [2.24, 2.45) is 5.92 Å². The van der Waals surface area contributed by atoms with E-state index in [1.54, 1.807) is 10.00 Å². The van der Waals surface area contributed by atoms with Gasteiger partial charge in [0.25, 0.3) is 0 Å². The predicted molar refractivity (Wildman–Crippen MR) is 62.9 cm³/mol. The van der Waals surface area contributed by atoms with E-state index in [1.165, 1.54) is 0 Å². The number of aromatic nitrogens is 3. The molecule has 1 saturated carbocycles. The van der Waals surface area contributed by atoms with Gasteiger partial charge in [0.15, 0.2) is 0 Å². The second-order valence-electron chi connectivity index (χ2n) is 5.17. The molecule has 2 heterocycles. The minimum Gasteiger partial charge on any atom is -0.339 e. The molecule has 2 fully saturated rings. The zero-order valence-electron chi connectivity index (χ0n) is 10.8. The predicted octanol–water partition coefficient (Wildman–Crippen LogP) is 0.773. The largest absolute Gasteiger partial charge is 0.451 e. The van der Waals surface area contributed by atoms with Gasteiger partial charge >= 0.3 is 6.18 Å². The van der Waals surface area contributed by atoms with Crippen LogP contribution in [-0.2, 0) is 15.8 Å². The van der Waals surface area contributed by atoms with Crippen LogP contribution < -0.4 is 5.32 Å². The van der Waals surface area contributed by atoms with Gasteiger partial charge in [-0.1, -0.05) is 0 Å². The van der Waals surface area contributed by atoms with E-state index in [4.69, 9.17) is 0 Å². The molecule has 2 N–H and O–H groups in total. The molecule has 1 saturated heterocycles. The van der Waals surface area contributed by atoms with Crippen molar-refractivity contribution < 1.29 is 22.8 Å². The standard InChI is InChI=1S/C11H12F3N5O2/c12-11(13,14)9-16-10(18-17-9)15-8(21)5-3-7(20)19(4-5)6-1-2-6/h5-6H,1-4H2,(H2,15,16,17,18,21). The van der Waals surface area contributed by atoms with Crippen molar-refractivity contribution in [3.63, 3.8) is 0 Å². The molecular formula is C11H12F3N5O2. The van der Waals surface area contributed by atoms with Crippen LogP contribution in [-0.4, -0.2) is 44.5 Å². The lowest BCUT2D eigenvalue weighted by Gasteiger charge is -2.14. The maximum atomic E-state index is 12.3. The van der Waals surface area contributed by atoms with Crippen LogP contribution in [0.3, 0.4) is 0 Å². The Hall–Kier alpha value is -2.13. The van der Waals surface area contributed by atoms with Crippen molar-refractivity contribution in [1.82, 2.24) is 20.1 Å². The monoisotopic (exact) mass is 303 g/mol. The first-order chi connectivity index (χ1) is 9.84. The van der Waals surface area contributed by atoms with E-state index in [0.29, 0.717) is 6.54 Å². The van der Waals surface area contributed by atoms with Gasteiger partial charge in [0, 0.05) is 19.0 Å². The number of H-pyrrole nitrogens is 1. The molecular weight excluding hydrogens is 291 g/mol. The Morgan fingerprint density at radius 3 is 2.67 bits per heavy atom. The van der Waals surface area contributed by atoms with E-state index in [0.717, 1.165) is 12.8 Å². The molecule has 0 aromatic carbocycles. The first-order valence-electron chi connectivity index (χ1n) is 6.44. The molecule has 1 aliphatic carbocycles. The molecule has 1 unspecified atom stereocenters. The fraction of sp³-hybridized carbons (Fsp3) is 0.636. The number of rotatable bonds is 3. The number of carbonyl (C=O) groups excluding carboxylic acids is 2. The maximum Gasteiger partial charge on any atom is 0.451 e. The molecule has 21 heavy (non-hydrogen) atoms. The smallest absolute Gasteiger partial charge is 0.339 e. The molecule has 1 aliphatic heterocycles. The first kappa shape index (κ1) is 13.8. The van der Waals surface area contributed by atoms with E-state index in [9.17, 15) is 22.8 Å². The van der Waals surface area contributed by atoms with Gasteiger partial charge < -0.3 is 4.90 Å². The van der Waals surface area contributed by atoms with Crippen LogP contribution in [0.4, 0.5) is 19.1 Å². The third-order valence-electron chi connectivity index (χ3n) is 3.51. The molecule has 0 radical (unpaired) electrons. The molecule has 3 rings (SSSR count). The number of likely N-dealkylation sites (tertiary alicyclic amines) is 1. The number of hydrogen-bond acceptors (Lipinski definition) is 4. The number of amides is 2. The second-order valence-corrected chi connectivity index (χ2v) is 5.17. The van der Waals surface area contributed by atoms with Crippen LogP contribution in [0.5, 0.6) is 0 Å². The number of nitrogens with zero attached hydrogens (tertiary/aromatic N) is 3. The second kappa shape index (κ2) is 4.71. The summed E-state index contributed by atoms with van der Waals surface area (Å²) in [6, 6.07) is 0.218. The number of halogens is 3. The van der Waals surface area contributed by atoms with Crippen LogP contribution in [0.15, 0.2) is 0 Å². The van der Waals surface area contributed by atoms with Gasteiger partial charge in [0.1, 0.15) is 0 Å². The zero-order chi connectivity index (χ0) is 15.2. The number of anilines is 1. The Morgan fingerprint density at radius 2 is 2.10 bits per heavy atom. The molecule has 7 nitrogen and oxygen atoms in total. The third kappa shape index (κ3) is 2.83. The fourth-order valence-electron chi connectivity index (χ4n) is 2.30. The zero-order valence-corrected chi connectivity index (χ0v) is 10.8. The summed E-state index contributed by atoms with van der Waals surface area (Å²) >= 11 is 0. The summed E-state index contributed by atoms with van der Waals surface area (Å²) in [5.41, 5.74) is 0. The SMILES string of the molecule is O=C(Nc1n[nH]c(C(F)(F)F)n1)C1CC(=O)N(C2CC2)C1. The lowest BCUT2D eigenvalue weighted by atomic mass is 10.1. The van der Waals surface area contributed by atoms with Gasteiger partial charge in [-0.25, -0.2) is 0 Å². The average molecular weight is 303 g/mol. The van der Waals surface area contributed by atoms with Crippen molar-refractivity contribution in [3.8, 4) is 0 Å². The van der Waals surface area contributed by atoms with E-state index >= 15 is 0 Å². The summed E-state index contributed by atoms with van der Waals surface area (Å²) in [7, 11) is 0. The van der Waals surface area contributed by atoms with Crippen LogP contribution in [0.2, 0.25) is 0 Å². The highest BCUT2D eigenvalue weighted by Gasteiger charge is 2.42. The van der Waals surface area contributed by atoms with Crippen molar-refractivity contribution in [3.05, 3.63) is 5.82 Å². The van der Waals surface area contributed by atoms with Crippen molar-refractivity contribution in [2.45, 2.75) is 31.5 Å². The topological polar surface area (TPSA) is 91.0 Å². The summed E-state index contributed by atoms with van der Waals surface area (Å²) in [6.45, 7) is 0.298. The molecule has 10 heteroatoms. The Kier molecular flexibility index (Phi) is 3.10. The molecule has 1 aromatic rings. The van der Waals surface area contributed by atoms with Gasteiger partial charge in [-0.2, -0.15) is 18.2 Å². The number of alkyl halides is 3. The minimum absolute atomic E-state index is 0.0683. The summed E-state index contributed by atoms with van der Waals surface area (Å²) < 4.78 is 37.0. The fourth-order valence-corrected chi connectivity index (χ4v) is 2.30. The normalized spacial score (nSPS) is 22.7. The van der Waals surface area contributed by atoms with Crippen molar-refractivity contribution >= 4 is 17.8 Å². The minimum atomic E-state index is -4.65.